The van der Waals surface area contributed by atoms with Gasteiger partial charge in [0.05, 0.1) is 0 Å². The summed E-state index contributed by atoms with van der Waals surface area (Å²) in [5.74, 6) is 1.52. The lowest BCUT2D eigenvalue weighted by Crippen LogP contribution is -2.54. The molecule has 0 heterocycles. The van der Waals surface area contributed by atoms with Gasteiger partial charge in [0.2, 0.25) is 5.91 Å². The fraction of sp³-hybridized carbons (Fsp3) is 0.632. The van der Waals surface area contributed by atoms with Crippen LogP contribution in [0, 0.1) is 23.1 Å². The van der Waals surface area contributed by atoms with Crippen LogP contribution in [0.2, 0.25) is 0 Å². The van der Waals surface area contributed by atoms with Crippen LogP contribution < -0.4 is 5.32 Å². The molecule has 4 aliphatic carbocycles. The van der Waals surface area contributed by atoms with Crippen LogP contribution in [0.25, 0.3) is 0 Å². The average molecular weight is 380 g/mol. The number of carbonyl (C=O) groups excluding carboxylic acids is 1. The van der Waals surface area contributed by atoms with Crippen molar-refractivity contribution in [3.8, 4) is 0 Å². The smallest absolute Gasteiger partial charge is 0.220 e. The molecule has 1 aromatic rings. The van der Waals surface area contributed by atoms with E-state index >= 15 is 0 Å². The molecular formula is C19H23BrFNO. The molecule has 4 aliphatic rings. The predicted octanol–water partition coefficient (Wildman–Crippen LogP) is 4.57. The number of rotatable bonds is 4. The van der Waals surface area contributed by atoms with Crippen molar-refractivity contribution in [2.75, 3.05) is 0 Å². The van der Waals surface area contributed by atoms with E-state index in [1.54, 1.807) is 12.1 Å². The van der Waals surface area contributed by atoms with Gasteiger partial charge in [-0.15, -0.1) is 0 Å². The first-order valence-corrected chi connectivity index (χ1v) is 9.43. The maximum Gasteiger partial charge on any atom is 0.220 e. The number of halogens is 2. The molecule has 1 N–H and O–H groups in total. The van der Waals surface area contributed by atoms with Crippen molar-refractivity contribution in [2.24, 2.45) is 17.3 Å². The molecule has 124 valence electrons. The molecule has 1 amide bonds. The quantitative estimate of drug-likeness (QED) is 0.762. The van der Waals surface area contributed by atoms with Gasteiger partial charge >= 0.3 is 0 Å². The highest BCUT2D eigenvalue weighted by molar-refractivity contribution is 9.10. The molecule has 4 fully saturated rings. The molecule has 4 heteroatoms. The molecule has 4 saturated carbocycles. The first-order valence-electron chi connectivity index (χ1n) is 8.64. The molecule has 4 atom stereocenters. The molecule has 0 radical (unpaired) electrons. The van der Waals surface area contributed by atoms with E-state index in [1.165, 1.54) is 44.2 Å². The zero-order valence-corrected chi connectivity index (χ0v) is 14.9. The zero-order chi connectivity index (χ0) is 16.1. The lowest BCUT2D eigenvalue weighted by molar-refractivity contribution is -0.128. The number of nitrogens with one attached hydrogen (secondary N) is 1. The van der Waals surface area contributed by atoms with Gasteiger partial charge in [-0.05, 0) is 73.5 Å². The second-order valence-corrected chi connectivity index (χ2v) is 9.87. The highest BCUT2D eigenvalue weighted by Crippen LogP contribution is 2.65. The molecule has 5 rings (SSSR count). The van der Waals surface area contributed by atoms with E-state index in [1.807, 2.05) is 0 Å². The third kappa shape index (κ3) is 3.19. The van der Waals surface area contributed by atoms with Crippen molar-refractivity contribution in [2.45, 2.75) is 55.8 Å². The van der Waals surface area contributed by atoms with Crippen LogP contribution in [0.5, 0.6) is 0 Å². The van der Waals surface area contributed by atoms with E-state index < -0.39 is 0 Å². The summed E-state index contributed by atoms with van der Waals surface area (Å²) in [7, 11) is 0. The zero-order valence-electron chi connectivity index (χ0n) is 13.3. The Morgan fingerprint density at radius 2 is 1.83 bits per heavy atom. The minimum Gasteiger partial charge on any atom is -0.352 e. The Morgan fingerprint density at radius 1 is 1.17 bits per heavy atom. The molecule has 2 unspecified atom stereocenters. The molecule has 0 aromatic heterocycles. The number of hydrogen-bond acceptors (Lipinski definition) is 1. The van der Waals surface area contributed by atoms with Crippen LogP contribution >= 0.6 is 15.9 Å². The van der Waals surface area contributed by atoms with E-state index in [0.717, 1.165) is 23.8 Å². The summed E-state index contributed by atoms with van der Waals surface area (Å²) >= 11 is 4.00. The van der Waals surface area contributed by atoms with Crippen LogP contribution in [0.3, 0.4) is 0 Å². The maximum atomic E-state index is 12.9. The lowest BCUT2D eigenvalue weighted by atomic mass is 9.48. The van der Waals surface area contributed by atoms with Crippen molar-refractivity contribution in [3.63, 3.8) is 0 Å². The van der Waals surface area contributed by atoms with E-state index in [2.05, 4.69) is 21.2 Å². The minimum atomic E-state index is -0.240. The van der Waals surface area contributed by atoms with Gasteiger partial charge in [-0.2, -0.15) is 0 Å². The van der Waals surface area contributed by atoms with Crippen LogP contribution in [-0.2, 0) is 11.3 Å². The molecule has 0 spiro atoms. The standard InChI is InChI=1S/C19H23BrFNO/c20-19-8-14-5-15(9-19)7-18(6-14,12-19)10-17(23)22-11-13-1-3-16(21)4-2-13/h1-4,14-15H,5-12H2,(H,22,23)/t14-,15+,18?,19?. The number of amides is 1. The summed E-state index contributed by atoms with van der Waals surface area (Å²) in [5.41, 5.74) is 1.16. The fourth-order valence-electron chi connectivity index (χ4n) is 5.75. The largest absolute Gasteiger partial charge is 0.352 e. The monoisotopic (exact) mass is 379 g/mol. The summed E-state index contributed by atoms with van der Waals surface area (Å²) < 4.78 is 13.2. The molecule has 4 bridgehead atoms. The van der Waals surface area contributed by atoms with Crippen molar-refractivity contribution in [1.29, 1.82) is 0 Å². The van der Waals surface area contributed by atoms with Gasteiger partial charge in [0.15, 0.2) is 0 Å². The van der Waals surface area contributed by atoms with E-state index in [4.69, 9.17) is 0 Å². The van der Waals surface area contributed by atoms with Crippen molar-refractivity contribution in [3.05, 3.63) is 35.6 Å². The molecule has 0 saturated heterocycles. The predicted molar refractivity (Wildman–Crippen MR) is 91.6 cm³/mol. The number of carbonyl (C=O) groups is 1. The Balaban J connectivity index is 1.38. The Labute approximate surface area is 145 Å². The fourth-order valence-corrected chi connectivity index (χ4v) is 7.26. The molecule has 0 aliphatic heterocycles. The topological polar surface area (TPSA) is 29.1 Å². The Bertz CT molecular complexity index is 600. The van der Waals surface area contributed by atoms with Gasteiger partial charge < -0.3 is 5.32 Å². The Hall–Kier alpha value is -0.900. The molecular weight excluding hydrogens is 357 g/mol. The second-order valence-electron chi connectivity index (χ2n) is 8.19. The summed E-state index contributed by atoms with van der Waals surface area (Å²) in [6, 6.07) is 6.34. The van der Waals surface area contributed by atoms with Gasteiger partial charge in [-0.1, -0.05) is 28.1 Å². The SMILES string of the molecule is O=C(CC12C[C@@H]3C[C@@H](CC(Br)(C3)C1)C2)NCc1ccc(F)cc1. The highest BCUT2D eigenvalue weighted by Gasteiger charge is 2.57. The third-order valence-corrected chi connectivity index (χ3v) is 6.98. The highest BCUT2D eigenvalue weighted by atomic mass is 79.9. The number of hydrogen-bond donors (Lipinski definition) is 1. The van der Waals surface area contributed by atoms with Gasteiger partial charge in [0.1, 0.15) is 5.82 Å². The summed E-state index contributed by atoms with van der Waals surface area (Å²) in [4.78, 5) is 12.5. The first kappa shape index (κ1) is 15.6. The minimum absolute atomic E-state index is 0.146. The Morgan fingerprint density at radius 3 is 2.43 bits per heavy atom. The third-order valence-electron chi connectivity index (χ3n) is 6.05. The van der Waals surface area contributed by atoms with Crippen LogP contribution in [-0.4, -0.2) is 10.2 Å². The van der Waals surface area contributed by atoms with Gasteiger partial charge in [-0.25, -0.2) is 4.39 Å². The van der Waals surface area contributed by atoms with Gasteiger partial charge in [0, 0.05) is 17.3 Å². The molecule has 1 aromatic carbocycles. The van der Waals surface area contributed by atoms with Crippen molar-refractivity contribution < 1.29 is 9.18 Å². The van der Waals surface area contributed by atoms with Crippen molar-refractivity contribution in [1.82, 2.24) is 5.32 Å². The molecule has 2 nitrogen and oxygen atoms in total. The van der Waals surface area contributed by atoms with E-state index in [0.29, 0.717) is 17.3 Å². The van der Waals surface area contributed by atoms with E-state index in [-0.39, 0.29) is 17.1 Å². The Kier molecular flexibility index (Phi) is 3.79. The van der Waals surface area contributed by atoms with Crippen LogP contribution in [0.1, 0.15) is 50.5 Å². The summed E-state index contributed by atoms with van der Waals surface area (Å²) in [6.07, 6.45) is 8.20. The summed E-state index contributed by atoms with van der Waals surface area (Å²) in [6.45, 7) is 0.488. The van der Waals surface area contributed by atoms with E-state index in [9.17, 15) is 9.18 Å². The van der Waals surface area contributed by atoms with Crippen molar-refractivity contribution >= 4 is 21.8 Å². The second kappa shape index (κ2) is 5.58. The average Bonchev–Trinajstić information content (AvgIpc) is 2.43. The van der Waals surface area contributed by atoms with Gasteiger partial charge in [0.25, 0.3) is 0 Å². The van der Waals surface area contributed by atoms with Crippen LogP contribution in [0.4, 0.5) is 4.39 Å². The normalized spacial score (nSPS) is 37.8. The maximum absolute atomic E-state index is 12.9. The molecule has 23 heavy (non-hydrogen) atoms. The number of alkyl halides is 1. The lowest BCUT2D eigenvalue weighted by Gasteiger charge is -2.60. The van der Waals surface area contributed by atoms with Gasteiger partial charge in [-0.3, -0.25) is 4.79 Å². The summed E-state index contributed by atoms with van der Waals surface area (Å²) in [5, 5.41) is 3.03. The number of benzene rings is 1. The van der Waals surface area contributed by atoms with Crippen LogP contribution in [0.15, 0.2) is 24.3 Å². The first-order chi connectivity index (χ1) is 10.9.